The van der Waals surface area contributed by atoms with Gasteiger partial charge in [0.2, 0.25) is 0 Å². The molecule has 2 aromatic rings. The number of aryl methyl sites for hydroxylation is 1. The summed E-state index contributed by atoms with van der Waals surface area (Å²) in [4.78, 5) is 2.18. The monoisotopic (exact) mass is 315 g/mol. The first-order valence-electron chi connectivity index (χ1n) is 8.26. The summed E-state index contributed by atoms with van der Waals surface area (Å²) >= 11 is 0. The van der Waals surface area contributed by atoms with Crippen molar-refractivity contribution in [3.63, 3.8) is 0 Å². The van der Waals surface area contributed by atoms with E-state index < -0.39 is 0 Å². The molecule has 4 nitrogen and oxygen atoms in total. The minimum atomic E-state index is 0.843. The van der Waals surface area contributed by atoms with Crippen LogP contribution in [0.4, 0.5) is 5.69 Å². The fraction of sp³-hybridized carbons (Fsp3) is 0.474. The number of anilines is 1. The van der Waals surface area contributed by atoms with Crippen LogP contribution >= 0.6 is 0 Å². The highest BCUT2D eigenvalue weighted by Gasteiger charge is 2.31. The van der Waals surface area contributed by atoms with Crippen LogP contribution in [-0.4, -0.2) is 51.9 Å². The van der Waals surface area contributed by atoms with Crippen LogP contribution in [0.5, 0.6) is 0 Å². The van der Waals surface area contributed by atoms with Gasteiger partial charge in [-0.2, -0.15) is 0 Å². The fourth-order valence-corrected chi connectivity index (χ4v) is 3.33. The number of rotatable bonds is 4. The second-order valence-electron chi connectivity index (χ2n) is 6.91. The van der Waals surface area contributed by atoms with Gasteiger partial charge >= 0.3 is 0 Å². The van der Waals surface area contributed by atoms with Gasteiger partial charge in [0.25, 0.3) is 0 Å². The number of benzene rings is 1. The quantitative estimate of drug-likeness (QED) is 0.810. The molecule has 124 valence electrons. The summed E-state index contributed by atoms with van der Waals surface area (Å²) in [5, 5.41) is 0. The van der Waals surface area contributed by atoms with E-state index in [-0.39, 0.29) is 0 Å². The third-order valence-electron chi connectivity index (χ3n) is 4.75. The Morgan fingerprint density at radius 1 is 1.09 bits per heavy atom. The molecule has 1 fully saturated rings. The first-order chi connectivity index (χ1) is 11.0. The second-order valence-corrected chi connectivity index (χ2v) is 6.91. The lowest BCUT2D eigenvalue weighted by Crippen LogP contribution is -2.51. The van der Waals surface area contributed by atoms with Crippen molar-refractivity contribution in [1.29, 1.82) is 0 Å². The second kappa shape index (κ2) is 6.38. The van der Waals surface area contributed by atoms with Crippen LogP contribution in [0.15, 0.2) is 34.7 Å². The van der Waals surface area contributed by atoms with Gasteiger partial charge in [-0.1, -0.05) is 30.3 Å². The molecule has 0 bridgehead atoms. The van der Waals surface area contributed by atoms with Crippen LogP contribution < -0.4 is 4.90 Å². The zero-order chi connectivity index (χ0) is 16.4. The number of morpholine rings is 1. The lowest BCUT2D eigenvalue weighted by molar-refractivity contribution is -0.929. The first kappa shape index (κ1) is 16.1. The predicted molar refractivity (Wildman–Crippen MR) is 93.6 cm³/mol. The van der Waals surface area contributed by atoms with Gasteiger partial charge < -0.3 is 18.5 Å². The van der Waals surface area contributed by atoms with Crippen molar-refractivity contribution in [3.8, 4) is 11.3 Å². The van der Waals surface area contributed by atoms with E-state index in [9.17, 15) is 0 Å². The van der Waals surface area contributed by atoms with Crippen molar-refractivity contribution in [2.24, 2.45) is 0 Å². The number of ether oxygens (including phenoxy) is 1. The van der Waals surface area contributed by atoms with E-state index in [4.69, 9.17) is 9.15 Å². The molecular weight excluding hydrogens is 288 g/mol. The molecule has 0 amide bonds. The van der Waals surface area contributed by atoms with E-state index in [0.717, 1.165) is 54.4 Å². The van der Waals surface area contributed by atoms with Crippen LogP contribution in [0.2, 0.25) is 0 Å². The maximum atomic E-state index is 6.20. The van der Waals surface area contributed by atoms with Crippen LogP contribution in [-0.2, 0) is 11.3 Å². The van der Waals surface area contributed by atoms with Crippen molar-refractivity contribution in [3.05, 3.63) is 41.7 Å². The molecule has 0 saturated carbocycles. The van der Waals surface area contributed by atoms with E-state index >= 15 is 0 Å². The number of quaternary nitrogens is 1. The number of hydrogen-bond acceptors (Lipinski definition) is 3. The molecule has 0 unspecified atom stereocenters. The SMILES string of the molecule is Cc1oc(-c2ccccc2)c(N(C)C)c1C[N+]1(C)CCOCC1. The Labute approximate surface area is 138 Å². The van der Waals surface area contributed by atoms with Crippen LogP contribution in [0.25, 0.3) is 11.3 Å². The summed E-state index contributed by atoms with van der Waals surface area (Å²) in [6.45, 7) is 6.86. The molecule has 0 aliphatic carbocycles. The lowest BCUT2D eigenvalue weighted by Gasteiger charge is -2.37. The summed E-state index contributed by atoms with van der Waals surface area (Å²) in [6, 6.07) is 10.4. The average Bonchev–Trinajstić information content (AvgIpc) is 2.85. The van der Waals surface area contributed by atoms with Crippen LogP contribution in [0, 0.1) is 6.92 Å². The van der Waals surface area contributed by atoms with Gasteiger partial charge in [-0.05, 0) is 6.92 Å². The van der Waals surface area contributed by atoms with Gasteiger partial charge in [0.05, 0.1) is 31.5 Å². The van der Waals surface area contributed by atoms with E-state index in [2.05, 4.69) is 57.2 Å². The summed E-state index contributed by atoms with van der Waals surface area (Å²) in [6.07, 6.45) is 0. The smallest absolute Gasteiger partial charge is 0.158 e. The van der Waals surface area contributed by atoms with E-state index in [0.29, 0.717) is 0 Å². The van der Waals surface area contributed by atoms with Crippen LogP contribution in [0.3, 0.4) is 0 Å². The van der Waals surface area contributed by atoms with Crippen molar-refractivity contribution in [2.45, 2.75) is 13.5 Å². The standard InChI is InChI=1S/C19H27N2O2/c1-15-17(14-21(4)10-12-22-13-11-21)18(20(2)3)19(23-15)16-8-6-5-7-9-16/h5-9H,10-14H2,1-4H3/q+1. The molecule has 2 heterocycles. The van der Waals surface area contributed by atoms with Crippen molar-refractivity contribution in [1.82, 2.24) is 0 Å². The molecule has 23 heavy (non-hydrogen) atoms. The Hall–Kier alpha value is -1.78. The van der Waals surface area contributed by atoms with Crippen molar-refractivity contribution < 1.29 is 13.6 Å². The van der Waals surface area contributed by atoms with E-state index in [1.807, 2.05) is 6.07 Å². The van der Waals surface area contributed by atoms with Crippen molar-refractivity contribution >= 4 is 5.69 Å². The third kappa shape index (κ3) is 3.28. The van der Waals surface area contributed by atoms with Gasteiger partial charge in [0.15, 0.2) is 5.76 Å². The number of furan rings is 1. The Morgan fingerprint density at radius 2 is 1.74 bits per heavy atom. The zero-order valence-corrected chi connectivity index (χ0v) is 14.6. The zero-order valence-electron chi connectivity index (χ0n) is 14.6. The molecular formula is C19H27N2O2+. The largest absolute Gasteiger partial charge is 0.459 e. The number of hydrogen-bond donors (Lipinski definition) is 0. The Morgan fingerprint density at radius 3 is 2.35 bits per heavy atom. The maximum Gasteiger partial charge on any atom is 0.158 e. The highest BCUT2D eigenvalue weighted by molar-refractivity contribution is 5.77. The van der Waals surface area contributed by atoms with E-state index in [1.165, 1.54) is 11.3 Å². The molecule has 1 aliphatic rings. The summed E-state index contributed by atoms with van der Waals surface area (Å²) in [5.41, 5.74) is 3.66. The Kier molecular flexibility index (Phi) is 4.46. The van der Waals surface area contributed by atoms with Crippen LogP contribution in [0.1, 0.15) is 11.3 Å². The minimum Gasteiger partial charge on any atom is -0.459 e. The Bertz CT molecular complexity index is 656. The molecule has 4 heteroatoms. The molecule has 0 spiro atoms. The molecule has 0 N–H and O–H groups in total. The molecule has 1 aromatic carbocycles. The third-order valence-corrected chi connectivity index (χ3v) is 4.75. The number of nitrogens with zero attached hydrogens (tertiary/aromatic N) is 2. The predicted octanol–water partition coefficient (Wildman–Crippen LogP) is 3.30. The van der Waals surface area contributed by atoms with Gasteiger partial charge in [0.1, 0.15) is 25.4 Å². The molecule has 0 radical (unpaired) electrons. The first-order valence-corrected chi connectivity index (χ1v) is 8.26. The highest BCUT2D eigenvalue weighted by Crippen LogP contribution is 2.39. The fourth-order valence-electron chi connectivity index (χ4n) is 3.33. The van der Waals surface area contributed by atoms with E-state index in [1.54, 1.807) is 0 Å². The molecule has 1 saturated heterocycles. The summed E-state index contributed by atoms with van der Waals surface area (Å²) < 4.78 is 12.7. The number of likely N-dealkylation sites (N-methyl/N-ethyl adjacent to an activating group) is 1. The summed E-state index contributed by atoms with van der Waals surface area (Å²) in [5.74, 6) is 2.00. The van der Waals surface area contributed by atoms with Gasteiger partial charge in [0, 0.05) is 19.7 Å². The Balaban J connectivity index is 2.01. The average molecular weight is 315 g/mol. The molecule has 0 atom stereocenters. The molecule has 1 aliphatic heterocycles. The van der Waals surface area contributed by atoms with Gasteiger partial charge in [-0.15, -0.1) is 0 Å². The minimum absolute atomic E-state index is 0.843. The van der Waals surface area contributed by atoms with Crippen molar-refractivity contribution in [2.75, 3.05) is 52.3 Å². The summed E-state index contributed by atoms with van der Waals surface area (Å²) in [7, 11) is 6.51. The highest BCUT2D eigenvalue weighted by atomic mass is 16.5. The lowest BCUT2D eigenvalue weighted by atomic mass is 10.1. The molecule has 1 aromatic heterocycles. The van der Waals surface area contributed by atoms with Gasteiger partial charge in [-0.3, -0.25) is 0 Å². The normalized spacial score (nSPS) is 17.2. The van der Waals surface area contributed by atoms with Gasteiger partial charge in [-0.25, -0.2) is 0 Å². The topological polar surface area (TPSA) is 25.6 Å². The maximum absolute atomic E-state index is 6.20. The molecule has 3 rings (SSSR count).